The van der Waals surface area contributed by atoms with E-state index >= 15 is 0 Å². The lowest BCUT2D eigenvalue weighted by molar-refractivity contribution is -0.123. The first-order valence-electron chi connectivity index (χ1n) is 24.3. The van der Waals surface area contributed by atoms with Crippen molar-refractivity contribution < 1.29 is 39.7 Å². The number of fused-ring (bicyclic) bond motifs is 6. The molecule has 0 saturated heterocycles. The lowest BCUT2D eigenvalue weighted by Gasteiger charge is -2.17. The first-order valence-corrected chi connectivity index (χ1v) is 24.3. The largest absolute Gasteiger partial charge is 0.494 e. The average molecular weight is 1130 g/mol. The molecule has 2 amide bonds. The second-order valence-corrected chi connectivity index (χ2v) is 20.4. The standard InChI is InChI=1S/C21H20N4O3.C21H19N3O3.C16H11N3O2.3CH4.ClH.H3NO/c1-21(2,3)20(27)22-11-8-9-15-13(10-11)16(19(26)24-15)18-17(25-28)12-6-4-5-7-14(12)23-18;1-21(2,3)20(27)22-11-8-9-15-13(10-11)16(19(26)24-15)17-18(25)12-6-4-5-7-14(12)23-17;17-8-5-6-12-10(7-8)13(16(21)19-12)14-15(20)9-3-1-2-4-11(9)18-14;;;;;1-2/h4-10,23-24,26H,1-3H3,(H,22,27);4-10,24,26H,1-3H3,(H,22,27);1-7,19,21H,17H2;3*1H4;1H;2H,1H2. The van der Waals surface area contributed by atoms with E-state index in [1.165, 1.54) is 0 Å². The third-order valence-corrected chi connectivity index (χ3v) is 12.9. The van der Waals surface area contributed by atoms with Crippen molar-refractivity contribution in [3.8, 4) is 28.9 Å². The summed E-state index contributed by atoms with van der Waals surface area (Å²) in [4.78, 5) is 82.0. The molecule has 0 unspecified atom stereocenters. The molecule has 2 aliphatic heterocycles. The van der Waals surface area contributed by atoms with Gasteiger partial charge in [-0.05, 0) is 90.1 Å². The highest BCUT2D eigenvalue weighted by atomic mass is 35.5. The number of carbonyl (C=O) groups is 4. The van der Waals surface area contributed by atoms with Gasteiger partial charge in [0.25, 0.3) is 0 Å². The number of carbonyl (C=O) groups excluding carboxylic acids is 4. The number of nitrogens with one attached hydrogen (secondary N) is 6. The van der Waals surface area contributed by atoms with E-state index in [2.05, 4.69) is 51.6 Å². The maximum Gasteiger partial charge on any atom is 0.229 e. The minimum atomic E-state index is -0.538. The molecule has 0 radical (unpaired) electrons. The fourth-order valence-corrected chi connectivity index (χ4v) is 8.94. The zero-order chi connectivity index (χ0) is 56.0. The first-order chi connectivity index (χ1) is 37.2. The molecule has 20 nitrogen and oxygen atoms in total. The van der Waals surface area contributed by atoms with Crippen molar-refractivity contribution in [2.24, 2.45) is 31.9 Å². The van der Waals surface area contributed by atoms with Crippen LogP contribution < -0.4 is 22.3 Å². The first kappa shape index (κ1) is 62.9. The van der Waals surface area contributed by atoms with E-state index in [-0.39, 0.29) is 92.8 Å². The second-order valence-electron chi connectivity index (χ2n) is 20.4. The van der Waals surface area contributed by atoms with Crippen molar-refractivity contribution in [1.82, 2.24) is 19.9 Å². The zero-order valence-electron chi connectivity index (χ0n) is 43.4. The van der Waals surface area contributed by atoms with Crippen LogP contribution in [0.15, 0.2) is 143 Å². The van der Waals surface area contributed by atoms with Crippen LogP contribution in [0.5, 0.6) is 17.6 Å². The van der Waals surface area contributed by atoms with E-state index in [1.54, 1.807) is 97.1 Å². The smallest absolute Gasteiger partial charge is 0.229 e. The number of nitrogen functional groups attached to an aromatic ring is 1. The van der Waals surface area contributed by atoms with Crippen molar-refractivity contribution >= 4 is 125 Å². The number of benzene rings is 6. The third-order valence-electron chi connectivity index (χ3n) is 12.9. The third kappa shape index (κ3) is 11.8. The van der Waals surface area contributed by atoms with Crippen LogP contribution in [-0.4, -0.2) is 75.3 Å². The van der Waals surface area contributed by atoms with Crippen LogP contribution >= 0.6 is 12.4 Å². The molecule has 82 heavy (non-hydrogen) atoms. The minimum Gasteiger partial charge on any atom is -0.494 e. The Balaban J connectivity index is 0.000000219. The predicted octanol–water partition coefficient (Wildman–Crippen LogP) is 14.0. The SMILES string of the molecule is C.C.C.CC(C)(C)C(=O)Nc1ccc2[nH]c(O)c(-c3[nH]c4ccccc4c3N=O)c2c1.CC(C)(C)C(=O)Nc1ccc2[nH]c(O)c(C3=Nc4ccccc4C3=O)c2c1.Cl.NO.Nc1ccc2[nH]c(O)c(C3=Nc4ccccc4C3=O)c2c1. The monoisotopic (exact) mass is 1130 g/mol. The summed E-state index contributed by atoms with van der Waals surface area (Å²) in [6, 6.07) is 37.3. The summed E-state index contributed by atoms with van der Waals surface area (Å²) < 4.78 is 0. The van der Waals surface area contributed by atoms with Gasteiger partial charge in [-0.25, -0.2) is 15.9 Å². The Labute approximate surface area is 478 Å². The summed E-state index contributed by atoms with van der Waals surface area (Å²) in [5.74, 6) is 2.57. The molecule has 0 saturated carbocycles. The van der Waals surface area contributed by atoms with Crippen LogP contribution in [0, 0.1) is 15.7 Å². The van der Waals surface area contributed by atoms with Crippen LogP contribution in [-0.2, 0) is 9.59 Å². The molecule has 6 aromatic carbocycles. The van der Waals surface area contributed by atoms with Gasteiger partial charge in [-0.2, -0.15) is 0 Å². The van der Waals surface area contributed by atoms with Crippen LogP contribution in [0.25, 0.3) is 54.9 Å². The number of rotatable bonds is 6. The van der Waals surface area contributed by atoms with Gasteiger partial charge in [0, 0.05) is 82.6 Å². The number of hydrogen-bond donors (Lipinski definition) is 12. The number of ketones is 2. The van der Waals surface area contributed by atoms with E-state index < -0.39 is 10.8 Å². The number of aromatic hydroxyl groups is 3. The molecule has 4 aromatic heterocycles. The molecular weight excluding hydrogens is 1070 g/mol. The van der Waals surface area contributed by atoms with Gasteiger partial charge < -0.3 is 56.8 Å². The highest BCUT2D eigenvalue weighted by Gasteiger charge is 2.32. The Kier molecular flexibility index (Phi) is 18.9. The van der Waals surface area contributed by atoms with Crippen molar-refractivity contribution in [3.63, 3.8) is 0 Å². The molecule has 0 bridgehead atoms. The summed E-state index contributed by atoms with van der Waals surface area (Å²) in [5.41, 5.74) is 13.8. The summed E-state index contributed by atoms with van der Waals surface area (Å²) in [6.07, 6.45) is 0. The Morgan fingerprint density at radius 2 is 0.890 bits per heavy atom. The van der Waals surface area contributed by atoms with E-state index in [4.69, 9.17) is 10.9 Å². The highest BCUT2D eigenvalue weighted by molar-refractivity contribution is 6.57. The molecule has 0 aliphatic carbocycles. The number of Topliss-reactive ketones (excluding diaryl/α,β-unsaturated/α-hetero) is 2. The Hall–Kier alpha value is -9.89. The zero-order valence-corrected chi connectivity index (χ0v) is 44.2. The minimum absolute atomic E-state index is 0. The van der Waals surface area contributed by atoms with Gasteiger partial charge in [-0.15, -0.1) is 17.3 Å². The van der Waals surface area contributed by atoms with Gasteiger partial charge in [-0.3, -0.25) is 19.2 Å². The summed E-state index contributed by atoms with van der Waals surface area (Å²) in [5, 5.41) is 49.2. The number of halogens is 1. The molecule has 0 atom stereocenters. The van der Waals surface area contributed by atoms with Gasteiger partial charge in [0.2, 0.25) is 23.4 Å². The molecule has 0 fully saturated rings. The van der Waals surface area contributed by atoms with E-state index in [1.807, 2.05) is 71.9 Å². The maximum atomic E-state index is 12.8. The molecule has 6 heterocycles. The molecule has 12 rings (SSSR count). The molecule has 2 aliphatic rings. The molecule has 0 spiro atoms. The van der Waals surface area contributed by atoms with Gasteiger partial charge >= 0.3 is 0 Å². The van der Waals surface area contributed by atoms with Gasteiger partial charge in [0.15, 0.2) is 17.6 Å². The number of nitrogens with two attached hydrogens (primary N) is 2. The normalized spacial score (nSPS) is 12.0. The second kappa shape index (κ2) is 24.6. The topological polar surface area (TPSA) is 343 Å². The number of nitroso groups, excluding NO2 is 1. The summed E-state index contributed by atoms with van der Waals surface area (Å²) in [6.45, 7) is 11.0. The fourth-order valence-electron chi connectivity index (χ4n) is 8.94. The van der Waals surface area contributed by atoms with E-state index in [9.17, 15) is 39.4 Å². The number of nitrogens with zero attached hydrogens (tertiary/aromatic N) is 3. The van der Waals surface area contributed by atoms with E-state index in [0.29, 0.717) is 100 Å². The van der Waals surface area contributed by atoms with Crippen molar-refractivity contribution in [2.75, 3.05) is 16.4 Å². The molecular formula is C61H66ClN11O9. The highest BCUT2D eigenvalue weighted by Crippen LogP contribution is 2.45. The van der Waals surface area contributed by atoms with Crippen LogP contribution in [0.1, 0.15) is 95.7 Å². The molecule has 21 heteroatoms. The lowest BCUT2D eigenvalue weighted by Crippen LogP contribution is -2.27. The molecule has 426 valence electrons. The van der Waals surface area contributed by atoms with Gasteiger partial charge in [0.1, 0.15) is 17.1 Å². The number of amides is 2. The van der Waals surface area contributed by atoms with Crippen LogP contribution in [0.2, 0.25) is 0 Å². The van der Waals surface area contributed by atoms with Crippen molar-refractivity contribution in [2.45, 2.75) is 63.8 Å². The average Bonchev–Trinajstić information content (AvgIpc) is 4.32. The number of H-pyrrole nitrogens is 4. The fraction of sp³-hybridized carbons (Fsp3) is 0.180. The van der Waals surface area contributed by atoms with Gasteiger partial charge in [0.05, 0.1) is 33.8 Å². The number of para-hydroxylation sites is 3. The maximum absolute atomic E-state index is 12.8. The molecule has 10 aromatic rings. The van der Waals surface area contributed by atoms with Gasteiger partial charge in [-0.1, -0.05) is 106 Å². The Morgan fingerprint density at radius 1 is 0.512 bits per heavy atom. The quantitative estimate of drug-likeness (QED) is 0.0422. The van der Waals surface area contributed by atoms with E-state index in [0.717, 1.165) is 5.52 Å². The summed E-state index contributed by atoms with van der Waals surface area (Å²) >= 11 is 0. The lowest BCUT2D eigenvalue weighted by atomic mass is 9.95. The number of aromatic nitrogens is 4. The number of hydrogen-bond acceptors (Lipinski definition) is 14. The number of anilines is 3. The summed E-state index contributed by atoms with van der Waals surface area (Å²) in [7, 11) is 0. The van der Waals surface area contributed by atoms with Crippen LogP contribution in [0.3, 0.4) is 0 Å². The van der Waals surface area contributed by atoms with Crippen LogP contribution in [0.4, 0.5) is 34.1 Å². The predicted molar refractivity (Wildman–Crippen MR) is 331 cm³/mol. The Morgan fingerprint density at radius 3 is 1.33 bits per heavy atom. The number of aliphatic imine (C=N–C) groups is 2. The number of aromatic amines is 4. The molecule has 14 N–H and O–H groups in total. The Bertz CT molecular complexity index is 4150. The van der Waals surface area contributed by atoms with Crippen molar-refractivity contribution in [3.05, 3.63) is 155 Å². The van der Waals surface area contributed by atoms with Crippen molar-refractivity contribution in [1.29, 1.82) is 0 Å².